The number of benzene rings is 2. The van der Waals surface area contributed by atoms with Crippen LogP contribution in [0.4, 0.5) is 15.8 Å². The predicted octanol–water partition coefficient (Wildman–Crippen LogP) is 5.68. The lowest BCUT2D eigenvalue weighted by Gasteiger charge is -2.11. The molecule has 0 spiro atoms. The van der Waals surface area contributed by atoms with Gasteiger partial charge in [-0.05, 0) is 62.7 Å². The summed E-state index contributed by atoms with van der Waals surface area (Å²) in [6.07, 6.45) is 0. The molecule has 26 heavy (non-hydrogen) atoms. The van der Waals surface area contributed by atoms with E-state index >= 15 is 0 Å². The fraction of sp³-hybridized carbons (Fsp3) is 0.250. The van der Waals surface area contributed by atoms with Crippen LogP contribution in [0.15, 0.2) is 36.4 Å². The number of fused-ring (bicyclic) bond motifs is 1. The van der Waals surface area contributed by atoms with E-state index in [0.29, 0.717) is 24.5 Å². The highest BCUT2D eigenvalue weighted by Crippen LogP contribution is 2.32. The number of nitrogens with zero attached hydrogens (tertiary/aromatic N) is 1. The van der Waals surface area contributed by atoms with Crippen LogP contribution in [0, 0.1) is 12.7 Å². The highest BCUT2D eigenvalue weighted by Gasteiger charge is 2.18. The first-order valence-corrected chi connectivity index (χ1v) is 8.85. The number of nitrogens with one attached hydrogen (secondary N) is 1. The van der Waals surface area contributed by atoms with Crippen molar-refractivity contribution >= 4 is 39.8 Å². The average Bonchev–Trinajstić information content (AvgIpc) is 2.97. The van der Waals surface area contributed by atoms with E-state index in [-0.39, 0.29) is 11.0 Å². The zero-order valence-corrected chi connectivity index (χ0v) is 15.7. The Bertz CT molecular complexity index is 982. The number of carbonyl (C=O) groups excluding carboxylic acids is 1. The van der Waals surface area contributed by atoms with Crippen molar-refractivity contribution in [1.82, 2.24) is 4.57 Å². The largest absolute Gasteiger partial charge is 0.461 e. The summed E-state index contributed by atoms with van der Waals surface area (Å²) in [5.74, 6) is -0.813. The van der Waals surface area contributed by atoms with Crippen molar-refractivity contribution in [3.8, 4) is 0 Å². The summed E-state index contributed by atoms with van der Waals surface area (Å²) in [7, 11) is 0. The van der Waals surface area contributed by atoms with Gasteiger partial charge in [-0.15, -0.1) is 0 Å². The molecular weight excluding hydrogens is 355 g/mol. The van der Waals surface area contributed by atoms with Gasteiger partial charge in [0.05, 0.1) is 17.1 Å². The maximum absolute atomic E-state index is 13.4. The molecule has 1 aromatic heterocycles. The van der Waals surface area contributed by atoms with Crippen LogP contribution in [-0.4, -0.2) is 17.1 Å². The van der Waals surface area contributed by atoms with Crippen molar-refractivity contribution in [2.45, 2.75) is 27.3 Å². The number of anilines is 2. The number of esters is 1. The van der Waals surface area contributed by atoms with Crippen LogP contribution < -0.4 is 5.32 Å². The second kappa shape index (κ2) is 7.38. The molecule has 0 aliphatic carbocycles. The number of hydrogen-bond donors (Lipinski definition) is 1. The number of carbonyl (C=O) groups is 1. The molecule has 136 valence electrons. The van der Waals surface area contributed by atoms with Gasteiger partial charge in [-0.3, -0.25) is 0 Å². The Balaban J connectivity index is 2.13. The fourth-order valence-corrected chi connectivity index (χ4v) is 3.23. The van der Waals surface area contributed by atoms with E-state index in [1.54, 1.807) is 13.0 Å². The molecule has 0 radical (unpaired) electrons. The highest BCUT2D eigenvalue weighted by atomic mass is 35.5. The Hall–Kier alpha value is -2.53. The maximum atomic E-state index is 13.4. The Morgan fingerprint density at radius 3 is 2.65 bits per heavy atom. The van der Waals surface area contributed by atoms with Gasteiger partial charge in [0, 0.05) is 23.3 Å². The van der Waals surface area contributed by atoms with Gasteiger partial charge >= 0.3 is 5.97 Å². The molecule has 3 aromatic rings. The van der Waals surface area contributed by atoms with E-state index in [1.165, 1.54) is 12.1 Å². The number of hydrogen-bond acceptors (Lipinski definition) is 3. The monoisotopic (exact) mass is 374 g/mol. The Kier molecular flexibility index (Phi) is 5.18. The van der Waals surface area contributed by atoms with Gasteiger partial charge < -0.3 is 14.6 Å². The molecular formula is C20H20ClFN2O2. The van der Waals surface area contributed by atoms with Crippen LogP contribution in [-0.2, 0) is 11.3 Å². The third kappa shape index (κ3) is 3.40. The summed E-state index contributed by atoms with van der Waals surface area (Å²) >= 11 is 5.88. The van der Waals surface area contributed by atoms with Crippen molar-refractivity contribution < 1.29 is 13.9 Å². The van der Waals surface area contributed by atoms with Gasteiger partial charge in [0.25, 0.3) is 0 Å². The molecule has 1 N–H and O–H groups in total. The minimum absolute atomic E-state index is 0.0530. The number of halogens is 2. The first-order chi connectivity index (χ1) is 12.4. The molecule has 3 rings (SSSR count). The SMILES string of the molecule is CCOC(=O)c1cc2c(Nc3ccc(F)c(Cl)c3)cc(C)cc2n1CC. The molecule has 0 fully saturated rings. The molecule has 0 saturated heterocycles. The van der Waals surface area contributed by atoms with E-state index in [9.17, 15) is 9.18 Å². The summed E-state index contributed by atoms with van der Waals surface area (Å²) in [5.41, 5.74) is 3.98. The lowest BCUT2D eigenvalue weighted by Crippen LogP contribution is -2.11. The van der Waals surface area contributed by atoms with Gasteiger partial charge in [-0.2, -0.15) is 0 Å². The first-order valence-electron chi connectivity index (χ1n) is 8.47. The van der Waals surface area contributed by atoms with E-state index in [0.717, 1.165) is 22.2 Å². The van der Waals surface area contributed by atoms with Gasteiger partial charge in [0.15, 0.2) is 0 Å². The van der Waals surface area contributed by atoms with Crippen LogP contribution in [0.1, 0.15) is 29.9 Å². The van der Waals surface area contributed by atoms with Crippen LogP contribution in [0.2, 0.25) is 5.02 Å². The predicted molar refractivity (Wildman–Crippen MR) is 103 cm³/mol. The minimum atomic E-state index is -0.465. The zero-order chi connectivity index (χ0) is 18.8. The molecule has 4 nitrogen and oxygen atoms in total. The van der Waals surface area contributed by atoms with Crippen LogP contribution in [0.5, 0.6) is 0 Å². The summed E-state index contributed by atoms with van der Waals surface area (Å²) in [6, 6.07) is 10.3. The second-order valence-corrected chi connectivity index (χ2v) is 6.40. The topological polar surface area (TPSA) is 43.3 Å². The fourth-order valence-electron chi connectivity index (χ4n) is 3.05. The zero-order valence-electron chi connectivity index (χ0n) is 14.9. The third-order valence-electron chi connectivity index (χ3n) is 4.16. The molecule has 1 heterocycles. The highest BCUT2D eigenvalue weighted by molar-refractivity contribution is 6.31. The van der Waals surface area contributed by atoms with Crippen LogP contribution in [0.3, 0.4) is 0 Å². The number of ether oxygens (including phenoxy) is 1. The van der Waals surface area contributed by atoms with E-state index in [4.69, 9.17) is 16.3 Å². The van der Waals surface area contributed by atoms with Crippen molar-refractivity contribution in [3.63, 3.8) is 0 Å². The second-order valence-electron chi connectivity index (χ2n) is 5.99. The van der Waals surface area contributed by atoms with E-state index < -0.39 is 5.82 Å². The van der Waals surface area contributed by atoms with Crippen molar-refractivity contribution in [1.29, 1.82) is 0 Å². The Morgan fingerprint density at radius 2 is 2.00 bits per heavy atom. The summed E-state index contributed by atoms with van der Waals surface area (Å²) in [5, 5.41) is 4.22. The van der Waals surface area contributed by atoms with E-state index in [2.05, 4.69) is 5.32 Å². The molecule has 0 amide bonds. The van der Waals surface area contributed by atoms with Crippen molar-refractivity contribution in [3.05, 3.63) is 58.5 Å². The first kappa shape index (κ1) is 18.3. The lowest BCUT2D eigenvalue weighted by molar-refractivity contribution is 0.0514. The smallest absolute Gasteiger partial charge is 0.354 e. The summed E-state index contributed by atoms with van der Waals surface area (Å²) < 4.78 is 20.5. The van der Waals surface area contributed by atoms with Crippen LogP contribution >= 0.6 is 11.6 Å². The quantitative estimate of drug-likeness (QED) is 0.584. The molecule has 0 bridgehead atoms. The van der Waals surface area contributed by atoms with Gasteiger partial charge in [0.2, 0.25) is 0 Å². The minimum Gasteiger partial charge on any atom is -0.461 e. The number of aryl methyl sites for hydroxylation is 2. The normalized spacial score (nSPS) is 11.0. The van der Waals surface area contributed by atoms with Gasteiger partial charge in [-0.1, -0.05) is 11.6 Å². The van der Waals surface area contributed by atoms with Crippen molar-refractivity contribution in [2.75, 3.05) is 11.9 Å². The average molecular weight is 375 g/mol. The molecule has 6 heteroatoms. The summed E-state index contributed by atoms with van der Waals surface area (Å²) in [6.45, 7) is 6.72. The number of rotatable bonds is 5. The Labute approximate surface area is 156 Å². The summed E-state index contributed by atoms with van der Waals surface area (Å²) in [4.78, 5) is 12.3. The van der Waals surface area contributed by atoms with Crippen molar-refractivity contribution in [2.24, 2.45) is 0 Å². The molecule has 0 aliphatic rings. The van der Waals surface area contributed by atoms with E-state index in [1.807, 2.05) is 36.6 Å². The standard InChI is InChI=1S/C20H20ClFN2O2/c1-4-24-18-9-12(3)8-17(14(18)11-19(24)20(25)26-5-2)23-13-6-7-16(22)15(21)10-13/h6-11,23H,4-5H2,1-3H3. The van der Waals surface area contributed by atoms with Gasteiger partial charge in [-0.25, -0.2) is 9.18 Å². The maximum Gasteiger partial charge on any atom is 0.354 e. The van der Waals surface area contributed by atoms with Crippen LogP contribution in [0.25, 0.3) is 10.9 Å². The molecule has 0 saturated carbocycles. The van der Waals surface area contributed by atoms with Gasteiger partial charge in [0.1, 0.15) is 11.5 Å². The molecule has 0 atom stereocenters. The molecule has 0 aliphatic heterocycles. The molecule has 2 aromatic carbocycles. The number of aromatic nitrogens is 1. The lowest BCUT2D eigenvalue weighted by atomic mass is 10.1. The Morgan fingerprint density at radius 1 is 1.23 bits per heavy atom. The third-order valence-corrected chi connectivity index (χ3v) is 4.45. The molecule has 0 unspecified atom stereocenters.